The number of hydrogen-bond acceptors (Lipinski definition) is 4. The monoisotopic (exact) mass is 286 g/mol. The van der Waals surface area contributed by atoms with Crippen molar-refractivity contribution >= 4 is 11.6 Å². The van der Waals surface area contributed by atoms with E-state index in [-0.39, 0.29) is 23.0 Å². The van der Waals surface area contributed by atoms with Crippen LogP contribution in [0.1, 0.15) is 22.8 Å². The molecule has 0 aromatic heterocycles. The van der Waals surface area contributed by atoms with Gasteiger partial charge in [-0.3, -0.25) is 4.79 Å². The molecule has 110 valence electrons. The summed E-state index contributed by atoms with van der Waals surface area (Å²) in [6, 6.07) is 11.2. The maximum absolute atomic E-state index is 12.5. The summed E-state index contributed by atoms with van der Waals surface area (Å²) in [5.41, 5.74) is 7.42. The van der Waals surface area contributed by atoms with Gasteiger partial charge >= 0.3 is 0 Å². The van der Waals surface area contributed by atoms with Gasteiger partial charge in [-0.1, -0.05) is 18.2 Å². The van der Waals surface area contributed by atoms with Crippen molar-refractivity contribution in [3.8, 4) is 11.5 Å². The second-order valence-electron chi connectivity index (χ2n) is 4.72. The number of rotatable bonds is 4. The van der Waals surface area contributed by atoms with E-state index in [1.165, 1.54) is 18.2 Å². The minimum absolute atomic E-state index is 0.0635. The molecule has 2 rings (SSSR count). The fraction of sp³-hybridized carbons (Fsp3) is 0.188. The van der Waals surface area contributed by atoms with E-state index in [1.54, 1.807) is 11.0 Å². The number of hydrogen-bond donors (Lipinski definition) is 3. The molecule has 0 aliphatic carbocycles. The maximum atomic E-state index is 12.5. The molecule has 0 saturated carbocycles. The van der Waals surface area contributed by atoms with Crippen LogP contribution >= 0.6 is 0 Å². The molecule has 2 aromatic carbocycles. The molecule has 0 radical (unpaired) electrons. The van der Waals surface area contributed by atoms with Gasteiger partial charge in [0.2, 0.25) is 0 Å². The third kappa shape index (κ3) is 3.25. The number of anilines is 1. The van der Waals surface area contributed by atoms with Crippen LogP contribution in [0.4, 0.5) is 5.69 Å². The zero-order chi connectivity index (χ0) is 15.4. The molecule has 2 aromatic rings. The zero-order valence-corrected chi connectivity index (χ0v) is 11.8. The van der Waals surface area contributed by atoms with Crippen LogP contribution in [-0.4, -0.2) is 27.6 Å². The number of nitrogen functional groups attached to an aromatic ring is 1. The van der Waals surface area contributed by atoms with Crippen LogP contribution in [0.25, 0.3) is 0 Å². The molecule has 5 heteroatoms. The summed E-state index contributed by atoms with van der Waals surface area (Å²) in [7, 11) is 0. The summed E-state index contributed by atoms with van der Waals surface area (Å²) < 4.78 is 0. The normalized spacial score (nSPS) is 10.3. The number of nitrogens with two attached hydrogens (primary N) is 1. The van der Waals surface area contributed by atoms with Crippen LogP contribution in [0, 0.1) is 0 Å². The first-order chi connectivity index (χ1) is 10.0. The second kappa shape index (κ2) is 6.17. The van der Waals surface area contributed by atoms with Crippen LogP contribution < -0.4 is 5.73 Å². The minimum Gasteiger partial charge on any atom is -0.508 e. The van der Waals surface area contributed by atoms with E-state index in [9.17, 15) is 15.0 Å². The molecule has 21 heavy (non-hydrogen) atoms. The summed E-state index contributed by atoms with van der Waals surface area (Å²) in [6.45, 7) is 2.65. The van der Waals surface area contributed by atoms with Gasteiger partial charge in [-0.15, -0.1) is 0 Å². The highest BCUT2D eigenvalue weighted by molar-refractivity contribution is 5.97. The standard InChI is InChI=1S/C16H18N2O3/c1-2-18(10-11-5-3-4-6-14(11)17)16(21)13-9-12(19)7-8-15(13)20/h3-9,19-20H,2,10,17H2,1H3. The van der Waals surface area contributed by atoms with E-state index in [4.69, 9.17) is 5.73 Å². The Morgan fingerprint density at radius 2 is 1.90 bits per heavy atom. The molecule has 0 aliphatic heterocycles. The minimum atomic E-state index is -0.353. The van der Waals surface area contributed by atoms with Gasteiger partial charge in [-0.05, 0) is 36.8 Å². The van der Waals surface area contributed by atoms with E-state index in [0.29, 0.717) is 18.8 Å². The molecule has 0 spiro atoms. The zero-order valence-electron chi connectivity index (χ0n) is 11.8. The van der Waals surface area contributed by atoms with Crippen LogP contribution in [0.5, 0.6) is 11.5 Å². The predicted octanol–water partition coefficient (Wildman–Crippen LogP) is 2.34. The van der Waals surface area contributed by atoms with Crippen molar-refractivity contribution < 1.29 is 15.0 Å². The molecule has 0 saturated heterocycles. The maximum Gasteiger partial charge on any atom is 0.258 e. The average molecular weight is 286 g/mol. The lowest BCUT2D eigenvalue weighted by Gasteiger charge is -2.22. The first-order valence-corrected chi connectivity index (χ1v) is 6.67. The fourth-order valence-corrected chi connectivity index (χ4v) is 2.08. The molecule has 0 aliphatic rings. The Morgan fingerprint density at radius 1 is 1.19 bits per heavy atom. The van der Waals surface area contributed by atoms with Crippen LogP contribution in [0.2, 0.25) is 0 Å². The number of aromatic hydroxyl groups is 2. The molecular formula is C16H18N2O3. The lowest BCUT2D eigenvalue weighted by atomic mass is 10.1. The van der Waals surface area contributed by atoms with Gasteiger partial charge in [0.05, 0.1) is 5.56 Å². The SMILES string of the molecule is CCN(Cc1ccccc1N)C(=O)c1cc(O)ccc1O. The first kappa shape index (κ1) is 14.7. The Labute approximate surface area is 123 Å². The van der Waals surface area contributed by atoms with Crippen LogP contribution in [-0.2, 0) is 6.54 Å². The Hall–Kier alpha value is -2.69. The lowest BCUT2D eigenvalue weighted by molar-refractivity contribution is 0.0749. The molecular weight excluding hydrogens is 268 g/mol. The Bertz CT molecular complexity index is 656. The van der Waals surface area contributed by atoms with E-state index in [0.717, 1.165) is 5.56 Å². The van der Waals surface area contributed by atoms with Crippen molar-refractivity contribution in [3.05, 3.63) is 53.6 Å². The smallest absolute Gasteiger partial charge is 0.258 e. The molecule has 0 bridgehead atoms. The number of benzene rings is 2. The van der Waals surface area contributed by atoms with Gasteiger partial charge in [0.25, 0.3) is 5.91 Å². The van der Waals surface area contributed by atoms with Gasteiger partial charge in [0.1, 0.15) is 11.5 Å². The summed E-state index contributed by atoms with van der Waals surface area (Å²) >= 11 is 0. The average Bonchev–Trinajstić information content (AvgIpc) is 2.48. The van der Waals surface area contributed by atoms with E-state index < -0.39 is 0 Å². The summed E-state index contributed by atoms with van der Waals surface area (Å²) in [4.78, 5) is 14.0. The van der Waals surface area contributed by atoms with Crippen molar-refractivity contribution in [3.63, 3.8) is 0 Å². The summed E-state index contributed by atoms with van der Waals surface area (Å²) in [5, 5.41) is 19.3. The Balaban J connectivity index is 2.27. The number of carbonyl (C=O) groups excluding carboxylic acids is 1. The first-order valence-electron chi connectivity index (χ1n) is 6.67. The second-order valence-corrected chi connectivity index (χ2v) is 4.72. The van der Waals surface area contributed by atoms with Gasteiger partial charge in [-0.25, -0.2) is 0 Å². The fourth-order valence-electron chi connectivity index (χ4n) is 2.08. The molecule has 0 atom stereocenters. The van der Waals surface area contributed by atoms with Gasteiger partial charge in [0.15, 0.2) is 0 Å². The number of nitrogens with zero attached hydrogens (tertiary/aromatic N) is 1. The molecule has 0 heterocycles. The van der Waals surface area contributed by atoms with E-state index >= 15 is 0 Å². The summed E-state index contributed by atoms with van der Waals surface area (Å²) in [6.07, 6.45) is 0. The number of carbonyl (C=O) groups is 1. The van der Waals surface area contributed by atoms with Crippen molar-refractivity contribution in [2.75, 3.05) is 12.3 Å². The van der Waals surface area contributed by atoms with E-state index in [1.807, 2.05) is 25.1 Å². The third-order valence-corrected chi connectivity index (χ3v) is 3.30. The molecule has 0 unspecified atom stereocenters. The van der Waals surface area contributed by atoms with Crippen LogP contribution in [0.15, 0.2) is 42.5 Å². The highest BCUT2D eigenvalue weighted by atomic mass is 16.3. The molecule has 1 amide bonds. The predicted molar refractivity (Wildman–Crippen MR) is 81.0 cm³/mol. The van der Waals surface area contributed by atoms with Crippen molar-refractivity contribution in [1.29, 1.82) is 0 Å². The molecule has 5 nitrogen and oxygen atoms in total. The lowest BCUT2D eigenvalue weighted by Crippen LogP contribution is -2.30. The van der Waals surface area contributed by atoms with Gasteiger partial charge in [-0.2, -0.15) is 0 Å². The highest BCUT2D eigenvalue weighted by Gasteiger charge is 2.19. The Kier molecular flexibility index (Phi) is 4.33. The van der Waals surface area contributed by atoms with Crippen molar-refractivity contribution in [2.24, 2.45) is 0 Å². The number of amides is 1. The Morgan fingerprint density at radius 3 is 2.57 bits per heavy atom. The quantitative estimate of drug-likeness (QED) is 0.594. The largest absolute Gasteiger partial charge is 0.508 e. The highest BCUT2D eigenvalue weighted by Crippen LogP contribution is 2.24. The number of phenols is 2. The van der Waals surface area contributed by atoms with Gasteiger partial charge in [0, 0.05) is 18.8 Å². The van der Waals surface area contributed by atoms with Gasteiger partial charge < -0.3 is 20.8 Å². The van der Waals surface area contributed by atoms with Crippen molar-refractivity contribution in [1.82, 2.24) is 4.90 Å². The molecule has 4 N–H and O–H groups in total. The van der Waals surface area contributed by atoms with Crippen LogP contribution in [0.3, 0.4) is 0 Å². The number of phenolic OH excluding ortho intramolecular Hbond substituents is 2. The molecule has 0 fully saturated rings. The topological polar surface area (TPSA) is 86.8 Å². The number of para-hydroxylation sites is 1. The van der Waals surface area contributed by atoms with E-state index in [2.05, 4.69) is 0 Å². The summed E-state index contributed by atoms with van der Waals surface area (Å²) in [5.74, 6) is -0.571. The third-order valence-electron chi connectivity index (χ3n) is 3.30. The van der Waals surface area contributed by atoms with Crippen molar-refractivity contribution in [2.45, 2.75) is 13.5 Å².